The van der Waals surface area contributed by atoms with Gasteiger partial charge in [0.05, 0.1) is 12.7 Å². The Morgan fingerprint density at radius 3 is 2.76 bits per heavy atom. The topological polar surface area (TPSA) is 73.5 Å². The lowest BCUT2D eigenvalue weighted by molar-refractivity contribution is 0.0364. The van der Waals surface area contributed by atoms with E-state index in [1.54, 1.807) is 0 Å². The molecule has 1 saturated heterocycles. The fourth-order valence-corrected chi connectivity index (χ4v) is 2.44. The minimum Gasteiger partial charge on any atom is -0.478 e. The summed E-state index contributed by atoms with van der Waals surface area (Å²) in [7, 11) is 0. The van der Waals surface area contributed by atoms with E-state index in [9.17, 15) is 0 Å². The zero-order valence-electron chi connectivity index (χ0n) is 13.0. The average molecular weight is 294 g/mol. The van der Waals surface area contributed by atoms with Gasteiger partial charge in [-0.2, -0.15) is 4.98 Å². The molecule has 0 atom stereocenters. The van der Waals surface area contributed by atoms with Crippen LogP contribution in [-0.2, 0) is 4.74 Å². The number of anilines is 1. The monoisotopic (exact) mass is 294 g/mol. The molecule has 1 fully saturated rings. The fourth-order valence-electron chi connectivity index (χ4n) is 2.44. The highest BCUT2D eigenvalue weighted by Gasteiger charge is 2.22. The number of ether oxygens (including phenoxy) is 2. The highest BCUT2D eigenvalue weighted by Crippen LogP contribution is 2.21. The fraction of sp³-hybridized carbons (Fsp3) is 0.733. The summed E-state index contributed by atoms with van der Waals surface area (Å²) in [5.74, 6) is 1.42. The molecule has 0 aromatic carbocycles. The summed E-state index contributed by atoms with van der Waals surface area (Å²) in [6, 6.07) is 1.87. The normalized spacial score (nSPS) is 16.2. The molecule has 2 N–H and O–H groups in total. The predicted molar refractivity (Wildman–Crippen MR) is 82.8 cm³/mol. The first-order valence-electron chi connectivity index (χ1n) is 7.78. The standard InChI is InChI=1S/C15H26N4O2/c1-3-20-14-11-12(2)17-15(18-14)19-8-5-13(6-9-19)21-10-4-7-16/h11,13H,3-10,16H2,1-2H3. The van der Waals surface area contributed by atoms with Crippen molar-refractivity contribution in [3.63, 3.8) is 0 Å². The van der Waals surface area contributed by atoms with Gasteiger partial charge in [-0.3, -0.25) is 0 Å². The highest BCUT2D eigenvalue weighted by atomic mass is 16.5. The van der Waals surface area contributed by atoms with Gasteiger partial charge >= 0.3 is 0 Å². The number of nitrogens with two attached hydrogens (primary N) is 1. The first-order valence-corrected chi connectivity index (χ1v) is 7.78. The summed E-state index contributed by atoms with van der Waals surface area (Å²) in [6.07, 6.45) is 3.28. The second-order valence-electron chi connectivity index (χ2n) is 5.28. The van der Waals surface area contributed by atoms with Crippen molar-refractivity contribution in [2.45, 2.75) is 39.2 Å². The third kappa shape index (κ3) is 4.82. The summed E-state index contributed by atoms with van der Waals surface area (Å²) in [4.78, 5) is 11.2. The van der Waals surface area contributed by atoms with E-state index >= 15 is 0 Å². The van der Waals surface area contributed by atoms with Crippen molar-refractivity contribution in [1.29, 1.82) is 0 Å². The lowest BCUT2D eigenvalue weighted by Gasteiger charge is -2.32. The second kappa shape index (κ2) is 8.14. The Morgan fingerprint density at radius 2 is 2.10 bits per heavy atom. The van der Waals surface area contributed by atoms with Crippen molar-refractivity contribution in [3.05, 3.63) is 11.8 Å². The third-order valence-corrected chi connectivity index (χ3v) is 3.54. The minimum absolute atomic E-state index is 0.337. The Kier molecular flexibility index (Phi) is 6.20. The molecule has 6 nitrogen and oxygen atoms in total. The van der Waals surface area contributed by atoms with E-state index in [2.05, 4.69) is 14.9 Å². The van der Waals surface area contributed by atoms with Gasteiger partial charge in [0.25, 0.3) is 0 Å². The lowest BCUT2D eigenvalue weighted by Crippen LogP contribution is -2.38. The number of hydrogen-bond acceptors (Lipinski definition) is 6. The first-order chi connectivity index (χ1) is 10.2. The number of aromatic nitrogens is 2. The number of rotatable bonds is 7. The maximum absolute atomic E-state index is 5.82. The summed E-state index contributed by atoms with van der Waals surface area (Å²) in [5, 5.41) is 0. The van der Waals surface area contributed by atoms with Crippen LogP contribution in [0.25, 0.3) is 0 Å². The van der Waals surface area contributed by atoms with Crippen LogP contribution in [0.4, 0.5) is 5.95 Å². The van der Waals surface area contributed by atoms with Crippen LogP contribution in [-0.4, -0.2) is 48.9 Å². The van der Waals surface area contributed by atoms with Crippen LogP contribution in [0.5, 0.6) is 5.88 Å². The molecular weight excluding hydrogens is 268 g/mol. The van der Waals surface area contributed by atoms with Gasteiger partial charge in [-0.05, 0) is 39.7 Å². The van der Waals surface area contributed by atoms with Crippen LogP contribution in [0.1, 0.15) is 31.9 Å². The van der Waals surface area contributed by atoms with Crippen LogP contribution in [0, 0.1) is 6.92 Å². The molecule has 2 rings (SSSR count). The zero-order valence-corrected chi connectivity index (χ0v) is 13.0. The average Bonchev–Trinajstić information content (AvgIpc) is 2.48. The van der Waals surface area contributed by atoms with Crippen LogP contribution < -0.4 is 15.4 Å². The summed E-state index contributed by atoms with van der Waals surface area (Å²) in [6.45, 7) is 7.84. The number of piperidine rings is 1. The van der Waals surface area contributed by atoms with Crippen molar-refractivity contribution in [3.8, 4) is 5.88 Å². The smallest absolute Gasteiger partial charge is 0.228 e. The first kappa shape index (κ1) is 16.0. The molecule has 0 saturated carbocycles. The molecule has 1 aliphatic rings. The van der Waals surface area contributed by atoms with E-state index in [0.717, 1.165) is 50.6 Å². The molecule has 2 heterocycles. The Balaban J connectivity index is 1.89. The molecule has 0 amide bonds. The van der Waals surface area contributed by atoms with Gasteiger partial charge < -0.3 is 20.1 Å². The van der Waals surface area contributed by atoms with E-state index in [1.807, 2.05) is 19.9 Å². The van der Waals surface area contributed by atoms with E-state index in [4.69, 9.17) is 15.2 Å². The number of hydrogen-bond donors (Lipinski definition) is 1. The summed E-state index contributed by atoms with van der Waals surface area (Å²) in [5.41, 5.74) is 6.41. The third-order valence-electron chi connectivity index (χ3n) is 3.54. The van der Waals surface area contributed by atoms with Crippen molar-refractivity contribution in [2.24, 2.45) is 5.73 Å². The summed E-state index contributed by atoms with van der Waals surface area (Å²) < 4.78 is 11.3. The molecule has 6 heteroatoms. The largest absolute Gasteiger partial charge is 0.478 e. The lowest BCUT2D eigenvalue weighted by atomic mass is 10.1. The van der Waals surface area contributed by atoms with Crippen LogP contribution in [0.15, 0.2) is 6.07 Å². The van der Waals surface area contributed by atoms with Crippen molar-refractivity contribution < 1.29 is 9.47 Å². The Labute approximate surface area is 126 Å². The molecule has 0 spiro atoms. The molecule has 1 aliphatic heterocycles. The van der Waals surface area contributed by atoms with Crippen LogP contribution in [0.3, 0.4) is 0 Å². The second-order valence-corrected chi connectivity index (χ2v) is 5.28. The SMILES string of the molecule is CCOc1cc(C)nc(N2CCC(OCCCN)CC2)n1. The van der Waals surface area contributed by atoms with Crippen molar-refractivity contribution in [2.75, 3.05) is 37.7 Å². The van der Waals surface area contributed by atoms with Gasteiger partial charge in [0, 0.05) is 31.5 Å². The molecule has 0 unspecified atom stereocenters. The highest BCUT2D eigenvalue weighted by molar-refractivity contribution is 5.34. The van der Waals surface area contributed by atoms with Gasteiger partial charge in [-0.15, -0.1) is 0 Å². The Bertz CT molecular complexity index is 434. The van der Waals surface area contributed by atoms with Gasteiger partial charge in [-0.25, -0.2) is 4.98 Å². The molecular formula is C15H26N4O2. The molecule has 21 heavy (non-hydrogen) atoms. The minimum atomic E-state index is 0.337. The van der Waals surface area contributed by atoms with Crippen LogP contribution >= 0.6 is 0 Å². The van der Waals surface area contributed by atoms with E-state index < -0.39 is 0 Å². The molecule has 0 bridgehead atoms. The quantitative estimate of drug-likeness (QED) is 0.769. The molecule has 0 aliphatic carbocycles. The number of aryl methyl sites for hydroxylation is 1. The van der Waals surface area contributed by atoms with Crippen molar-refractivity contribution in [1.82, 2.24) is 9.97 Å². The molecule has 0 radical (unpaired) electrons. The molecule has 118 valence electrons. The van der Waals surface area contributed by atoms with Gasteiger partial charge in [0.1, 0.15) is 0 Å². The van der Waals surface area contributed by atoms with E-state index in [-0.39, 0.29) is 0 Å². The maximum Gasteiger partial charge on any atom is 0.228 e. The van der Waals surface area contributed by atoms with Gasteiger partial charge in [-0.1, -0.05) is 0 Å². The number of nitrogens with zero attached hydrogens (tertiary/aromatic N) is 3. The van der Waals surface area contributed by atoms with E-state index in [0.29, 0.717) is 25.1 Å². The van der Waals surface area contributed by atoms with Crippen LogP contribution in [0.2, 0.25) is 0 Å². The summed E-state index contributed by atoms with van der Waals surface area (Å²) >= 11 is 0. The predicted octanol–water partition coefficient (Wildman–Crippen LogP) is 1.52. The molecule has 1 aromatic rings. The van der Waals surface area contributed by atoms with E-state index in [1.165, 1.54) is 0 Å². The van der Waals surface area contributed by atoms with Crippen molar-refractivity contribution >= 4 is 5.95 Å². The Hall–Kier alpha value is -1.40. The zero-order chi connectivity index (χ0) is 15.1. The molecule has 1 aromatic heterocycles. The maximum atomic E-state index is 5.82. The Morgan fingerprint density at radius 1 is 1.33 bits per heavy atom. The van der Waals surface area contributed by atoms with Gasteiger partial charge in [0.15, 0.2) is 0 Å². The van der Waals surface area contributed by atoms with Gasteiger partial charge in [0.2, 0.25) is 11.8 Å².